The molecule has 2 N–H and O–H groups in total. The fourth-order valence-corrected chi connectivity index (χ4v) is 4.81. The SMILES string of the molecule is COc1cc2c(Nc3ccc(OCc4ncccc4C)cc3Cl)c(C#N)cnc2cc1OCC1CCNCC1. The molecule has 3 heterocycles. The van der Waals surface area contributed by atoms with E-state index in [0.717, 1.165) is 42.6 Å². The zero-order valence-electron chi connectivity index (χ0n) is 22.0. The number of nitrogens with one attached hydrogen (secondary N) is 2. The first kappa shape index (κ1) is 26.5. The number of nitriles is 1. The summed E-state index contributed by atoms with van der Waals surface area (Å²) < 4.78 is 17.7. The highest BCUT2D eigenvalue weighted by Gasteiger charge is 2.18. The normalized spacial score (nSPS) is 13.6. The van der Waals surface area contributed by atoms with E-state index in [-0.39, 0.29) is 0 Å². The second-order valence-corrected chi connectivity index (χ2v) is 9.91. The lowest BCUT2D eigenvalue weighted by atomic mass is 9.99. The molecule has 0 unspecified atom stereocenters. The quantitative estimate of drug-likeness (QED) is 0.258. The Hall–Kier alpha value is -4.06. The van der Waals surface area contributed by atoms with Gasteiger partial charge in [-0.2, -0.15) is 5.26 Å². The molecular weight excluding hydrogens is 514 g/mol. The van der Waals surface area contributed by atoms with Gasteiger partial charge in [-0.1, -0.05) is 17.7 Å². The van der Waals surface area contributed by atoms with E-state index in [2.05, 4.69) is 26.7 Å². The van der Waals surface area contributed by atoms with Gasteiger partial charge in [0.15, 0.2) is 11.5 Å². The maximum atomic E-state index is 9.83. The molecule has 2 aromatic heterocycles. The lowest BCUT2D eigenvalue weighted by Gasteiger charge is -2.23. The lowest BCUT2D eigenvalue weighted by Crippen LogP contribution is -2.30. The van der Waals surface area contributed by atoms with Crippen LogP contribution in [0.4, 0.5) is 11.4 Å². The number of pyridine rings is 2. The number of fused-ring (bicyclic) bond motifs is 1. The number of piperidine rings is 1. The van der Waals surface area contributed by atoms with Crippen molar-refractivity contribution in [3.8, 4) is 23.3 Å². The molecule has 1 saturated heterocycles. The fourth-order valence-electron chi connectivity index (χ4n) is 4.59. The van der Waals surface area contributed by atoms with E-state index in [1.807, 2.05) is 43.3 Å². The minimum Gasteiger partial charge on any atom is -0.493 e. The van der Waals surface area contributed by atoms with Gasteiger partial charge >= 0.3 is 0 Å². The average molecular weight is 544 g/mol. The van der Waals surface area contributed by atoms with Crippen LogP contribution in [0.3, 0.4) is 0 Å². The second-order valence-electron chi connectivity index (χ2n) is 9.51. The number of aromatic nitrogens is 2. The van der Waals surface area contributed by atoms with Gasteiger partial charge in [0.1, 0.15) is 18.4 Å². The van der Waals surface area contributed by atoms with Crippen LogP contribution in [-0.4, -0.2) is 36.8 Å². The van der Waals surface area contributed by atoms with Gasteiger partial charge in [0.05, 0.1) is 46.9 Å². The van der Waals surface area contributed by atoms with Crippen LogP contribution >= 0.6 is 11.6 Å². The molecule has 0 spiro atoms. The Morgan fingerprint density at radius 2 is 1.95 bits per heavy atom. The summed E-state index contributed by atoms with van der Waals surface area (Å²) in [7, 11) is 1.61. The Labute approximate surface area is 232 Å². The van der Waals surface area contributed by atoms with Crippen LogP contribution in [0.2, 0.25) is 5.02 Å². The third-order valence-corrected chi connectivity index (χ3v) is 7.21. The molecule has 1 aliphatic heterocycles. The van der Waals surface area contributed by atoms with Crippen LogP contribution < -0.4 is 24.8 Å². The number of benzene rings is 2. The van der Waals surface area contributed by atoms with Crippen molar-refractivity contribution in [3.05, 3.63) is 76.7 Å². The van der Waals surface area contributed by atoms with Crippen molar-refractivity contribution in [1.82, 2.24) is 15.3 Å². The van der Waals surface area contributed by atoms with Crippen LogP contribution in [0.5, 0.6) is 17.2 Å². The molecular formula is C30H30ClN5O3. The molecule has 200 valence electrons. The zero-order valence-corrected chi connectivity index (χ0v) is 22.7. The maximum absolute atomic E-state index is 9.83. The van der Waals surface area contributed by atoms with E-state index in [0.29, 0.717) is 63.9 Å². The third kappa shape index (κ3) is 6.17. The molecule has 0 saturated carbocycles. The van der Waals surface area contributed by atoms with Crippen LogP contribution in [0.1, 0.15) is 29.7 Å². The van der Waals surface area contributed by atoms with Gasteiger partial charge in [-0.05, 0) is 68.6 Å². The van der Waals surface area contributed by atoms with Crippen molar-refractivity contribution >= 4 is 33.9 Å². The predicted octanol–water partition coefficient (Wildman–Crippen LogP) is 6.17. The summed E-state index contributed by atoms with van der Waals surface area (Å²) in [6, 6.07) is 15.2. The largest absolute Gasteiger partial charge is 0.493 e. The van der Waals surface area contributed by atoms with Crippen LogP contribution in [0, 0.1) is 24.2 Å². The molecule has 0 amide bonds. The average Bonchev–Trinajstić information content (AvgIpc) is 2.97. The van der Waals surface area contributed by atoms with Crippen molar-refractivity contribution in [2.75, 3.05) is 32.1 Å². The van der Waals surface area contributed by atoms with Crippen molar-refractivity contribution in [2.24, 2.45) is 5.92 Å². The number of rotatable bonds is 9. The summed E-state index contributed by atoms with van der Waals surface area (Å²) in [4.78, 5) is 8.88. The summed E-state index contributed by atoms with van der Waals surface area (Å²) in [5.74, 6) is 2.33. The Kier molecular flexibility index (Phi) is 8.30. The molecule has 0 bridgehead atoms. The number of hydrogen-bond acceptors (Lipinski definition) is 8. The summed E-state index contributed by atoms with van der Waals surface area (Å²) in [5, 5.41) is 17.7. The molecule has 1 fully saturated rings. The Bertz CT molecular complexity index is 1510. The monoisotopic (exact) mass is 543 g/mol. The van der Waals surface area contributed by atoms with Crippen molar-refractivity contribution < 1.29 is 14.2 Å². The first-order valence-corrected chi connectivity index (χ1v) is 13.3. The van der Waals surface area contributed by atoms with Gasteiger partial charge < -0.3 is 24.8 Å². The fraction of sp³-hybridized carbons (Fsp3) is 0.300. The van der Waals surface area contributed by atoms with Gasteiger partial charge in [0.25, 0.3) is 0 Å². The maximum Gasteiger partial charge on any atom is 0.163 e. The van der Waals surface area contributed by atoms with Crippen LogP contribution in [0.15, 0.2) is 54.9 Å². The summed E-state index contributed by atoms with van der Waals surface area (Å²) in [6.07, 6.45) is 5.46. The number of aryl methyl sites for hydroxylation is 1. The van der Waals surface area contributed by atoms with Gasteiger partial charge in [0, 0.05) is 29.9 Å². The van der Waals surface area contributed by atoms with Gasteiger partial charge in [0.2, 0.25) is 0 Å². The molecule has 0 aliphatic carbocycles. The Morgan fingerprint density at radius 1 is 1.10 bits per heavy atom. The molecule has 0 atom stereocenters. The summed E-state index contributed by atoms with van der Waals surface area (Å²) in [6.45, 7) is 4.97. The highest BCUT2D eigenvalue weighted by Crippen LogP contribution is 2.39. The van der Waals surface area contributed by atoms with Crippen LogP contribution in [0.25, 0.3) is 10.9 Å². The predicted molar refractivity (Wildman–Crippen MR) is 152 cm³/mol. The van der Waals surface area contributed by atoms with Gasteiger partial charge in [-0.3, -0.25) is 9.97 Å². The second kappa shape index (κ2) is 12.2. The Balaban J connectivity index is 1.39. The molecule has 8 nitrogen and oxygen atoms in total. The number of hydrogen-bond donors (Lipinski definition) is 2. The standard InChI is InChI=1S/C30H30ClN5O3/c1-19-4-3-9-34-27(19)18-38-22-5-6-25(24(31)12-22)36-30-21(15-32)16-35-26-14-29(28(37-2)13-23(26)30)39-17-20-7-10-33-11-8-20/h3-6,9,12-14,16,20,33H,7-8,10-11,17-18H2,1-2H3,(H,35,36). The smallest absolute Gasteiger partial charge is 0.163 e. The summed E-state index contributed by atoms with van der Waals surface area (Å²) >= 11 is 6.63. The molecule has 39 heavy (non-hydrogen) atoms. The topological polar surface area (TPSA) is 101 Å². The lowest BCUT2D eigenvalue weighted by molar-refractivity contribution is 0.208. The molecule has 9 heteroatoms. The van der Waals surface area contributed by atoms with Crippen molar-refractivity contribution in [2.45, 2.75) is 26.4 Å². The number of ether oxygens (including phenoxy) is 3. The molecule has 0 radical (unpaired) electrons. The molecule has 2 aromatic carbocycles. The van der Waals surface area contributed by atoms with Crippen LogP contribution in [-0.2, 0) is 6.61 Å². The number of halogens is 1. The van der Waals surface area contributed by atoms with E-state index in [1.54, 1.807) is 25.6 Å². The highest BCUT2D eigenvalue weighted by atomic mass is 35.5. The minimum absolute atomic E-state index is 0.338. The van der Waals surface area contributed by atoms with Gasteiger partial charge in [-0.25, -0.2) is 0 Å². The van der Waals surface area contributed by atoms with E-state index >= 15 is 0 Å². The Morgan fingerprint density at radius 3 is 2.69 bits per heavy atom. The van der Waals surface area contributed by atoms with Crippen molar-refractivity contribution in [3.63, 3.8) is 0 Å². The van der Waals surface area contributed by atoms with E-state index in [1.165, 1.54) is 0 Å². The van der Waals surface area contributed by atoms with Gasteiger partial charge in [-0.15, -0.1) is 0 Å². The van der Waals surface area contributed by atoms with E-state index < -0.39 is 0 Å². The molecule has 5 rings (SSSR count). The number of methoxy groups -OCH3 is 1. The summed E-state index contributed by atoms with van der Waals surface area (Å²) in [5.41, 5.74) is 4.21. The van der Waals surface area contributed by atoms with E-state index in [4.69, 9.17) is 25.8 Å². The van der Waals surface area contributed by atoms with E-state index in [9.17, 15) is 5.26 Å². The third-order valence-electron chi connectivity index (χ3n) is 6.90. The number of anilines is 2. The highest BCUT2D eigenvalue weighted by molar-refractivity contribution is 6.33. The first-order chi connectivity index (χ1) is 19.1. The molecule has 4 aromatic rings. The minimum atomic E-state index is 0.338. The van der Waals surface area contributed by atoms with Crippen molar-refractivity contribution in [1.29, 1.82) is 5.26 Å². The first-order valence-electron chi connectivity index (χ1n) is 12.9. The zero-order chi connectivity index (χ0) is 27.2. The molecule has 1 aliphatic rings. The number of nitrogens with zero attached hydrogens (tertiary/aromatic N) is 3.